The minimum atomic E-state index is -4.42. The maximum absolute atomic E-state index is 14.6. The second-order valence-corrected chi connectivity index (χ2v) is 15.0. The summed E-state index contributed by atoms with van der Waals surface area (Å²) in [5, 5.41) is 6.71. The maximum atomic E-state index is 14.6. The van der Waals surface area contributed by atoms with Crippen LogP contribution in [0.15, 0.2) is 151 Å². The number of alkyl halides is 3. The molecule has 3 heteroatoms. The monoisotopic (exact) mass is 698 g/mol. The molecule has 1 atom stereocenters. The van der Waals surface area contributed by atoms with E-state index in [4.69, 9.17) is 0 Å². The van der Waals surface area contributed by atoms with E-state index in [1.54, 1.807) is 0 Å². The molecule has 0 heterocycles. The van der Waals surface area contributed by atoms with Crippen LogP contribution in [0.2, 0.25) is 0 Å². The Morgan fingerprint density at radius 3 is 1.81 bits per heavy atom. The molecular formula is C50H41F3. The molecule has 0 nitrogen and oxygen atoms in total. The van der Waals surface area contributed by atoms with Crippen molar-refractivity contribution in [2.24, 2.45) is 0 Å². The Bertz CT molecular complexity index is 2580. The van der Waals surface area contributed by atoms with E-state index in [-0.39, 0.29) is 11.8 Å². The number of hydrogen-bond acceptors (Lipinski definition) is 0. The molecule has 0 aromatic heterocycles. The number of halogens is 3. The summed E-state index contributed by atoms with van der Waals surface area (Å²) in [6.07, 6.45) is 3.23. The molecule has 0 saturated carbocycles. The summed E-state index contributed by atoms with van der Waals surface area (Å²) in [5.41, 5.74) is 9.34. The Hall–Kier alpha value is -5.41. The molecular weight excluding hydrogens is 658 g/mol. The van der Waals surface area contributed by atoms with Crippen LogP contribution in [-0.2, 0) is 5.41 Å². The number of rotatable bonds is 7. The Kier molecular flexibility index (Phi) is 8.15. The molecule has 1 unspecified atom stereocenters. The molecule has 0 N–H and O–H groups in total. The van der Waals surface area contributed by atoms with Crippen molar-refractivity contribution in [3.8, 4) is 22.3 Å². The van der Waals surface area contributed by atoms with Crippen LogP contribution in [-0.4, -0.2) is 6.18 Å². The van der Waals surface area contributed by atoms with E-state index in [0.717, 1.165) is 74.9 Å². The second-order valence-electron chi connectivity index (χ2n) is 15.0. The molecule has 0 fully saturated rings. The van der Waals surface area contributed by atoms with Gasteiger partial charge in [-0.05, 0) is 120 Å². The first-order valence-electron chi connectivity index (χ1n) is 19.0. The summed E-state index contributed by atoms with van der Waals surface area (Å²) >= 11 is 0. The van der Waals surface area contributed by atoms with Crippen LogP contribution in [0.1, 0.15) is 74.1 Å². The highest BCUT2D eigenvalue weighted by Crippen LogP contribution is 2.54. The van der Waals surface area contributed by atoms with E-state index in [0.29, 0.717) is 5.57 Å². The van der Waals surface area contributed by atoms with E-state index >= 15 is 0 Å². The van der Waals surface area contributed by atoms with Crippen molar-refractivity contribution in [1.82, 2.24) is 0 Å². The van der Waals surface area contributed by atoms with Crippen molar-refractivity contribution >= 4 is 37.9 Å². The molecule has 7 aromatic carbocycles. The lowest BCUT2D eigenvalue weighted by molar-refractivity contribution is -0.0943. The largest absolute Gasteiger partial charge is 0.412 e. The highest BCUT2D eigenvalue weighted by Gasteiger charge is 2.42. The summed E-state index contributed by atoms with van der Waals surface area (Å²) in [5.74, 6) is -0.423. The number of benzene rings is 7. The first-order chi connectivity index (χ1) is 25.8. The number of allylic oxidation sites excluding steroid dienone is 4. The molecule has 0 aliphatic heterocycles. The van der Waals surface area contributed by atoms with Gasteiger partial charge in [-0.25, -0.2) is 0 Å². The van der Waals surface area contributed by atoms with Gasteiger partial charge in [-0.3, -0.25) is 0 Å². The lowest BCUT2D eigenvalue weighted by Crippen LogP contribution is -2.25. The van der Waals surface area contributed by atoms with Gasteiger partial charge in [0.1, 0.15) is 0 Å². The average molecular weight is 699 g/mol. The van der Waals surface area contributed by atoms with Crippen LogP contribution in [0.4, 0.5) is 13.2 Å². The zero-order valence-electron chi connectivity index (χ0n) is 30.1. The Labute approximate surface area is 309 Å². The van der Waals surface area contributed by atoms with Crippen molar-refractivity contribution < 1.29 is 13.2 Å². The third kappa shape index (κ3) is 5.52. The third-order valence-corrected chi connectivity index (χ3v) is 11.9. The maximum Gasteiger partial charge on any atom is 0.412 e. The lowest BCUT2D eigenvalue weighted by atomic mass is 9.71. The van der Waals surface area contributed by atoms with Gasteiger partial charge in [0.15, 0.2) is 0 Å². The van der Waals surface area contributed by atoms with E-state index in [9.17, 15) is 13.2 Å². The second kappa shape index (κ2) is 12.9. The minimum Gasteiger partial charge on any atom is -0.166 e. The van der Waals surface area contributed by atoms with Crippen molar-refractivity contribution in [2.75, 3.05) is 0 Å². The summed E-state index contributed by atoms with van der Waals surface area (Å²) in [6.45, 7) is 4.53. The Morgan fingerprint density at radius 2 is 1.13 bits per heavy atom. The van der Waals surface area contributed by atoms with Gasteiger partial charge in [0.05, 0.1) is 0 Å². The van der Waals surface area contributed by atoms with Crippen LogP contribution in [0.5, 0.6) is 0 Å². The van der Waals surface area contributed by atoms with E-state index in [1.807, 2.05) is 42.5 Å². The first kappa shape index (κ1) is 33.4. The molecule has 7 aromatic rings. The summed E-state index contributed by atoms with van der Waals surface area (Å²) in [7, 11) is 0. The zero-order valence-corrected chi connectivity index (χ0v) is 30.1. The smallest absolute Gasteiger partial charge is 0.166 e. The molecule has 2 aliphatic carbocycles. The third-order valence-electron chi connectivity index (χ3n) is 11.9. The molecule has 53 heavy (non-hydrogen) atoms. The SMILES string of the molecule is CCCC1(CCC)c2ccccc2-c2ccc(-c3cccc(C4C=C(c5ccc6c7ccccc7c7ccccc7c6c5)C=C(C(F)(F)F)C4)c3)cc21. The predicted molar refractivity (Wildman–Crippen MR) is 216 cm³/mol. The van der Waals surface area contributed by atoms with Gasteiger partial charge in [0, 0.05) is 16.9 Å². The molecule has 0 spiro atoms. The first-order valence-corrected chi connectivity index (χ1v) is 19.0. The van der Waals surface area contributed by atoms with E-state index in [1.165, 1.54) is 33.7 Å². The number of hydrogen-bond donors (Lipinski definition) is 0. The normalized spacial score (nSPS) is 16.4. The minimum absolute atomic E-state index is 0.0338. The fourth-order valence-electron chi connectivity index (χ4n) is 9.59. The summed E-state index contributed by atoms with van der Waals surface area (Å²) in [6, 6.07) is 46.7. The van der Waals surface area contributed by atoms with Gasteiger partial charge in [0.25, 0.3) is 0 Å². The summed E-state index contributed by atoms with van der Waals surface area (Å²) < 4.78 is 43.9. The topological polar surface area (TPSA) is 0 Å². The molecule has 9 rings (SSSR count). The summed E-state index contributed by atoms with van der Waals surface area (Å²) in [4.78, 5) is 0. The van der Waals surface area contributed by atoms with Gasteiger partial charge in [-0.15, -0.1) is 0 Å². The Morgan fingerprint density at radius 1 is 0.547 bits per heavy atom. The highest BCUT2D eigenvalue weighted by atomic mass is 19.4. The van der Waals surface area contributed by atoms with Crippen LogP contribution >= 0.6 is 0 Å². The van der Waals surface area contributed by atoms with Gasteiger partial charge in [-0.1, -0.05) is 154 Å². The Balaban J connectivity index is 1.14. The standard InChI is InChI=1S/C50H41F3/c1-3-24-49(25-4-2)47-19-10-9-18-44(47)45-23-21-35(31-48(45)49)32-12-11-13-33(26-32)36-27-37(29-38(28-36)50(51,52)53)34-20-22-43-41-16-6-5-14-39(41)40-15-7-8-17-42(40)46(43)30-34/h5-23,26-27,29-31,36H,3-4,24-25,28H2,1-2H3. The van der Waals surface area contributed by atoms with Crippen LogP contribution in [0, 0.1) is 0 Å². The molecule has 0 radical (unpaired) electrons. The van der Waals surface area contributed by atoms with Crippen LogP contribution in [0.3, 0.4) is 0 Å². The van der Waals surface area contributed by atoms with E-state index in [2.05, 4.69) is 111 Å². The van der Waals surface area contributed by atoms with Crippen molar-refractivity contribution in [3.05, 3.63) is 173 Å². The van der Waals surface area contributed by atoms with Gasteiger partial charge in [0.2, 0.25) is 0 Å². The van der Waals surface area contributed by atoms with Crippen molar-refractivity contribution in [1.29, 1.82) is 0 Å². The molecule has 0 bridgehead atoms. The fourth-order valence-corrected chi connectivity index (χ4v) is 9.59. The van der Waals surface area contributed by atoms with Crippen LogP contribution in [0.25, 0.3) is 60.1 Å². The molecule has 262 valence electrons. The van der Waals surface area contributed by atoms with Crippen molar-refractivity contribution in [3.63, 3.8) is 0 Å². The molecule has 2 aliphatic rings. The van der Waals surface area contributed by atoms with E-state index < -0.39 is 17.7 Å². The van der Waals surface area contributed by atoms with Gasteiger partial charge in [-0.2, -0.15) is 13.2 Å². The zero-order chi connectivity index (χ0) is 36.3. The van der Waals surface area contributed by atoms with Gasteiger partial charge >= 0.3 is 6.18 Å². The predicted octanol–water partition coefficient (Wildman–Crippen LogP) is 14.7. The van der Waals surface area contributed by atoms with Crippen LogP contribution < -0.4 is 0 Å². The quantitative estimate of drug-likeness (QED) is 0.145. The lowest BCUT2D eigenvalue weighted by Gasteiger charge is -2.32. The molecule has 0 saturated heterocycles. The fraction of sp³-hybridized carbons (Fsp3) is 0.200. The highest BCUT2D eigenvalue weighted by molar-refractivity contribution is 6.25. The van der Waals surface area contributed by atoms with Crippen molar-refractivity contribution in [2.45, 2.75) is 63.5 Å². The molecule has 0 amide bonds. The number of fused-ring (bicyclic) bond motifs is 9. The average Bonchev–Trinajstić information content (AvgIpc) is 3.46. The van der Waals surface area contributed by atoms with Gasteiger partial charge < -0.3 is 0 Å².